The molecule has 1 N–H and O–H groups in total. The largest absolute Gasteiger partial charge is 0.351 e. The first-order valence-corrected chi connectivity index (χ1v) is 9.41. The number of carbonyl (C=O) groups excluding carboxylic acids is 1. The van der Waals surface area contributed by atoms with Crippen LogP contribution in [0.5, 0.6) is 0 Å². The molecule has 0 fully saturated rings. The Bertz CT molecular complexity index is 620. The summed E-state index contributed by atoms with van der Waals surface area (Å²) >= 11 is 1.76. The van der Waals surface area contributed by atoms with E-state index in [0.29, 0.717) is 12.1 Å². The fourth-order valence-electron chi connectivity index (χ4n) is 1.63. The van der Waals surface area contributed by atoms with E-state index < -0.39 is 10.0 Å². The summed E-state index contributed by atoms with van der Waals surface area (Å²) in [7, 11) is -0.600. The van der Waals surface area contributed by atoms with Crippen LogP contribution in [0, 0.1) is 0 Å². The molecule has 0 bridgehead atoms. The van der Waals surface area contributed by atoms with Crippen LogP contribution in [-0.2, 0) is 10.0 Å². The Hall–Kier alpha value is -1.05. The Labute approximate surface area is 137 Å². The third-order valence-electron chi connectivity index (χ3n) is 2.80. The van der Waals surface area contributed by atoms with Gasteiger partial charge in [-0.3, -0.25) is 4.79 Å². The molecule has 0 aliphatic rings. The van der Waals surface area contributed by atoms with Crippen LogP contribution in [0.2, 0.25) is 0 Å². The van der Waals surface area contributed by atoms with E-state index in [-0.39, 0.29) is 15.5 Å². The molecule has 1 rings (SSSR count). The van der Waals surface area contributed by atoms with Gasteiger partial charge in [-0.15, -0.1) is 0 Å². The van der Waals surface area contributed by atoms with Crippen molar-refractivity contribution in [1.29, 1.82) is 0 Å². The Balaban J connectivity index is 2.72. The van der Waals surface area contributed by atoms with Crippen LogP contribution < -0.4 is 5.32 Å². The highest BCUT2D eigenvalue weighted by Crippen LogP contribution is 2.22. The van der Waals surface area contributed by atoms with Crippen molar-refractivity contribution in [3.8, 4) is 0 Å². The van der Waals surface area contributed by atoms with E-state index in [1.54, 1.807) is 23.9 Å². The summed E-state index contributed by atoms with van der Waals surface area (Å²) in [6, 6.07) is 6.08. The summed E-state index contributed by atoms with van der Waals surface area (Å²) in [6.45, 7) is 6.91. The normalized spacial score (nSPS) is 12.5. The van der Waals surface area contributed by atoms with Crippen molar-refractivity contribution >= 4 is 27.7 Å². The van der Waals surface area contributed by atoms with Crippen molar-refractivity contribution in [2.24, 2.45) is 0 Å². The molecular formula is C15H24N2O3S2. The first-order chi connectivity index (χ1) is 10.0. The third kappa shape index (κ3) is 5.62. The molecule has 0 heterocycles. The van der Waals surface area contributed by atoms with Gasteiger partial charge in [-0.2, -0.15) is 11.8 Å². The Morgan fingerprint density at radius 2 is 1.91 bits per heavy atom. The van der Waals surface area contributed by atoms with E-state index in [1.165, 1.54) is 26.2 Å². The minimum atomic E-state index is -3.53. The number of sulfonamides is 1. The summed E-state index contributed by atoms with van der Waals surface area (Å²) in [4.78, 5) is 12.2. The number of nitrogens with one attached hydrogen (secondary N) is 1. The van der Waals surface area contributed by atoms with E-state index in [9.17, 15) is 13.2 Å². The summed E-state index contributed by atoms with van der Waals surface area (Å²) in [5, 5.41) is 2.81. The van der Waals surface area contributed by atoms with Gasteiger partial charge in [-0.1, -0.05) is 26.8 Å². The average molecular weight is 345 g/mol. The van der Waals surface area contributed by atoms with Gasteiger partial charge in [0.15, 0.2) is 0 Å². The lowest BCUT2D eigenvalue weighted by atomic mass is 10.2. The van der Waals surface area contributed by atoms with Crippen molar-refractivity contribution in [1.82, 2.24) is 9.62 Å². The van der Waals surface area contributed by atoms with Gasteiger partial charge in [0.05, 0.1) is 4.90 Å². The fraction of sp³-hybridized carbons (Fsp3) is 0.533. The minimum absolute atomic E-state index is 0.120. The molecule has 0 spiro atoms. The molecule has 0 atom stereocenters. The predicted octanol–water partition coefficient (Wildman–Crippen LogP) is 2.20. The van der Waals surface area contributed by atoms with Gasteiger partial charge in [0.1, 0.15) is 0 Å². The standard InChI is InChI=1S/C15H24N2O3S2/c1-15(2,3)21-10-9-16-14(18)12-7-6-8-13(11-12)22(19,20)17(4)5/h6-8,11H,9-10H2,1-5H3,(H,16,18). The second-order valence-electron chi connectivity index (χ2n) is 6.03. The molecule has 7 heteroatoms. The molecule has 0 aliphatic carbocycles. The molecule has 124 valence electrons. The van der Waals surface area contributed by atoms with Crippen molar-refractivity contribution in [3.63, 3.8) is 0 Å². The number of thioether (sulfide) groups is 1. The highest BCUT2D eigenvalue weighted by Gasteiger charge is 2.18. The lowest BCUT2D eigenvalue weighted by molar-refractivity contribution is 0.0956. The van der Waals surface area contributed by atoms with Gasteiger partial charge in [0.25, 0.3) is 5.91 Å². The lowest BCUT2D eigenvalue weighted by Gasteiger charge is -2.17. The van der Waals surface area contributed by atoms with E-state index in [2.05, 4.69) is 26.1 Å². The number of nitrogens with zero attached hydrogens (tertiary/aromatic N) is 1. The van der Waals surface area contributed by atoms with Crippen molar-refractivity contribution in [2.75, 3.05) is 26.4 Å². The third-order valence-corrected chi connectivity index (χ3v) is 5.88. The van der Waals surface area contributed by atoms with Gasteiger partial charge in [-0.25, -0.2) is 12.7 Å². The Morgan fingerprint density at radius 3 is 2.45 bits per heavy atom. The Morgan fingerprint density at radius 1 is 1.27 bits per heavy atom. The molecule has 22 heavy (non-hydrogen) atoms. The second-order valence-corrected chi connectivity index (χ2v) is 10.1. The zero-order valence-electron chi connectivity index (χ0n) is 13.7. The molecule has 0 saturated carbocycles. The van der Waals surface area contributed by atoms with Crippen LogP contribution in [0.25, 0.3) is 0 Å². The SMILES string of the molecule is CN(C)S(=O)(=O)c1cccc(C(=O)NCCSC(C)(C)C)c1. The highest BCUT2D eigenvalue weighted by atomic mass is 32.2. The maximum Gasteiger partial charge on any atom is 0.251 e. The van der Waals surface area contributed by atoms with Gasteiger partial charge < -0.3 is 5.32 Å². The molecular weight excluding hydrogens is 320 g/mol. The number of amides is 1. The maximum atomic E-state index is 12.1. The molecule has 1 aromatic carbocycles. The molecule has 0 aliphatic heterocycles. The van der Waals surface area contributed by atoms with Gasteiger partial charge in [0, 0.05) is 36.7 Å². The predicted molar refractivity (Wildman–Crippen MR) is 91.9 cm³/mol. The second kappa shape index (κ2) is 7.48. The van der Waals surface area contributed by atoms with Crippen LogP contribution in [0.4, 0.5) is 0 Å². The van der Waals surface area contributed by atoms with E-state index >= 15 is 0 Å². The molecule has 5 nitrogen and oxygen atoms in total. The molecule has 0 unspecified atom stereocenters. The summed E-state index contributed by atoms with van der Waals surface area (Å²) in [6.07, 6.45) is 0. The first kappa shape index (κ1) is 19.0. The van der Waals surface area contributed by atoms with Crippen LogP contribution in [0.1, 0.15) is 31.1 Å². The summed E-state index contributed by atoms with van der Waals surface area (Å²) < 4.78 is 25.4. The molecule has 0 saturated heterocycles. The lowest BCUT2D eigenvalue weighted by Crippen LogP contribution is -2.27. The van der Waals surface area contributed by atoms with Crippen LogP contribution in [0.3, 0.4) is 0 Å². The quantitative estimate of drug-likeness (QED) is 0.804. The van der Waals surface area contributed by atoms with E-state index in [0.717, 1.165) is 10.1 Å². The van der Waals surface area contributed by atoms with Crippen LogP contribution >= 0.6 is 11.8 Å². The highest BCUT2D eigenvalue weighted by molar-refractivity contribution is 8.00. The summed E-state index contributed by atoms with van der Waals surface area (Å²) in [5.74, 6) is 0.551. The van der Waals surface area contributed by atoms with Gasteiger partial charge in [0.2, 0.25) is 10.0 Å². The topological polar surface area (TPSA) is 66.5 Å². The van der Waals surface area contributed by atoms with Crippen LogP contribution in [-0.4, -0.2) is 49.8 Å². The first-order valence-electron chi connectivity index (χ1n) is 6.99. The zero-order chi connectivity index (χ0) is 17.0. The average Bonchev–Trinajstić information content (AvgIpc) is 2.42. The smallest absolute Gasteiger partial charge is 0.251 e. The molecule has 1 aromatic rings. The minimum Gasteiger partial charge on any atom is -0.351 e. The number of rotatable bonds is 6. The fourth-order valence-corrected chi connectivity index (χ4v) is 3.40. The molecule has 1 amide bonds. The maximum absolute atomic E-state index is 12.1. The number of hydrogen-bond donors (Lipinski definition) is 1. The van der Waals surface area contributed by atoms with Crippen molar-refractivity contribution in [2.45, 2.75) is 30.4 Å². The Kier molecular flexibility index (Phi) is 6.46. The van der Waals surface area contributed by atoms with Gasteiger partial charge >= 0.3 is 0 Å². The number of benzene rings is 1. The van der Waals surface area contributed by atoms with E-state index in [1.807, 2.05) is 0 Å². The zero-order valence-corrected chi connectivity index (χ0v) is 15.3. The van der Waals surface area contributed by atoms with Crippen molar-refractivity contribution < 1.29 is 13.2 Å². The van der Waals surface area contributed by atoms with Crippen molar-refractivity contribution in [3.05, 3.63) is 29.8 Å². The van der Waals surface area contributed by atoms with Gasteiger partial charge in [-0.05, 0) is 18.2 Å². The number of hydrogen-bond acceptors (Lipinski definition) is 4. The molecule has 0 aromatic heterocycles. The molecule has 0 radical (unpaired) electrons. The monoisotopic (exact) mass is 344 g/mol. The van der Waals surface area contributed by atoms with E-state index in [4.69, 9.17) is 0 Å². The number of carbonyl (C=O) groups is 1. The summed E-state index contributed by atoms with van der Waals surface area (Å²) in [5.41, 5.74) is 0.351. The van der Waals surface area contributed by atoms with Crippen LogP contribution in [0.15, 0.2) is 29.2 Å².